The Hall–Kier alpha value is -1.76. The summed E-state index contributed by atoms with van der Waals surface area (Å²) in [4.78, 5) is 11.1. The molecule has 0 radical (unpaired) electrons. The van der Waals surface area contributed by atoms with Gasteiger partial charge in [-0.15, -0.1) is 0 Å². The zero-order valence-corrected chi connectivity index (χ0v) is 11.6. The fraction of sp³-hybridized carbons (Fsp3) is 0.500. The van der Waals surface area contributed by atoms with Gasteiger partial charge in [-0.1, -0.05) is 13.3 Å². The van der Waals surface area contributed by atoms with Gasteiger partial charge in [-0.2, -0.15) is 13.2 Å². The summed E-state index contributed by atoms with van der Waals surface area (Å²) in [5.41, 5.74) is -1.26. The molecule has 1 rings (SSSR count). The molecule has 0 aliphatic rings. The predicted octanol–water partition coefficient (Wildman–Crippen LogP) is 3.22. The number of hydrogen-bond acceptors (Lipinski definition) is 3. The molecule has 0 amide bonds. The highest BCUT2D eigenvalue weighted by Crippen LogP contribution is 2.32. The van der Waals surface area contributed by atoms with E-state index < -0.39 is 23.3 Å². The first-order valence-corrected chi connectivity index (χ1v) is 6.58. The number of carboxylic acid groups (broad SMARTS) is 1. The number of aliphatic hydroxyl groups is 1. The quantitative estimate of drug-likeness (QED) is 0.723. The van der Waals surface area contributed by atoms with E-state index in [9.17, 15) is 18.0 Å². The molecule has 118 valence electrons. The first-order valence-electron chi connectivity index (χ1n) is 6.58. The summed E-state index contributed by atoms with van der Waals surface area (Å²) in [6.07, 6.45) is -3.26. The number of rotatable bonds is 7. The van der Waals surface area contributed by atoms with Crippen molar-refractivity contribution in [3.63, 3.8) is 0 Å². The third-order valence-electron chi connectivity index (χ3n) is 3.27. The molecule has 1 unspecified atom stereocenters. The fourth-order valence-electron chi connectivity index (χ4n) is 1.94. The van der Waals surface area contributed by atoms with Gasteiger partial charge in [0.25, 0.3) is 0 Å². The van der Waals surface area contributed by atoms with Gasteiger partial charge in [-0.3, -0.25) is 0 Å². The van der Waals surface area contributed by atoms with Crippen LogP contribution in [0.15, 0.2) is 18.2 Å². The van der Waals surface area contributed by atoms with Gasteiger partial charge in [0, 0.05) is 18.8 Å². The summed E-state index contributed by atoms with van der Waals surface area (Å²) in [6, 6.07) is 2.59. The molecule has 0 bridgehead atoms. The molecular formula is C14H18F3NO3. The van der Waals surface area contributed by atoms with Crippen LogP contribution in [0.25, 0.3) is 0 Å². The number of aromatic carboxylic acids is 1. The van der Waals surface area contributed by atoms with E-state index in [2.05, 4.69) is 5.32 Å². The normalized spacial score (nSPS) is 13.0. The largest absolute Gasteiger partial charge is 0.478 e. The molecule has 1 aromatic rings. The molecule has 0 aliphatic carbocycles. The molecule has 0 aliphatic heterocycles. The monoisotopic (exact) mass is 305 g/mol. The average molecular weight is 305 g/mol. The minimum atomic E-state index is -4.58. The van der Waals surface area contributed by atoms with Gasteiger partial charge in [-0.25, -0.2) is 4.79 Å². The summed E-state index contributed by atoms with van der Waals surface area (Å²) in [5.74, 6) is -1.29. The van der Waals surface area contributed by atoms with Gasteiger partial charge < -0.3 is 15.5 Å². The highest BCUT2D eigenvalue weighted by Gasteiger charge is 2.31. The van der Waals surface area contributed by atoms with Gasteiger partial charge in [0.15, 0.2) is 0 Å². The van der Waals surface area contributed by atoms with Crippen LogP contribution in [-0.4, -0.2) is 29.3 Å². The van der Waals surface area contributed by atoms with Crippen LogP contribution in [0.5, 0.6) is 0 Å². The Bertz CT molecular complexity index is 489. The second kappa shape index (κ2) is 7.31. The SMILES string of the molecule is CCC(CCO)CNc1ccc(C(F)(F)F)cc1C(=O)O. The van der Waals surface area contributed by atoms with Gasteiger partial charge >= 0.3 is 12.1 Å². The molecular weight excluding hydrogens is 287 g/mol. The van der Waals surface area contributed by atoms with Crippen molar-refractivity contribution in [3.05, 3.63) is 29.3 Å². The Morgan fingerprint density at radius 2 is 2.05 bits per heavy atom. The molecule has 0 saturated heterocycles. The summed E-state index contributed by atoms with van der Waals surface area (Å²) in [7, 11) is 0. The van der Waals surface area contributed by atoms with Gasteiger partial charge in [0.05, 0.1) is 11.1 Å². The molecule has 0 fully saturated rings. The van der Waals surface area contributed by atoms with E-state index in [-0.39, 0.29) is 18.2 Å². The number of carbonyl (C=O) groups is 1. The Kier molecular flexibility index (Phi) is 6.02. The van der Waals surface area contributed by atoms with Crippen LogP contribution in [0, 0.1) is 5.92 Å². The molecule has 7 heteroatoms. The Morgan fingerprint density at radius 1 is 1.38 bits per heavy atom. The van der Waals surface area contributed by atoms with Crippen molar-refractivity contribution in [2.75, 3.05) is 18.5 Å². The second-order valence-electron chi connectivity index (χ2n) is 4.73. The van der Waals surface area contributed by atoms with E-state index in [1.165, 1.54) is 0 Å². The molecule has 0 spiro atoms. The third-order valence-corrected chi connectivity index (χ3v) is 3.27. The van der Waals surface area contributed by atoms with Crippen molar-refractivity contribution in [2.24, 2.45) is 5.92 Å². The lowest BCUT2D eigenvalue weighted by molar-refractivity contribution is -0.137. The summed E-state index contributed by atoms with van der Waals surface area (Å²) in [6.45, 7) is 2.33. The molecule has 1 aromatic carbocycles. The fourth-order valence-corrected chi connectivity index (χ4v) is 1.94. The molecule has 0 aromatic heterocycles. The van der Waals surface area contributed by atoms with Crippen molar-refractivity contribution >= 4 is 11.7 Å². The van der Waals surface area contributed by atoms with Gasteiger partial charge in [0.2, 0.25) is 0 Å². The Morgan fingerprint density at radius 3 is 2.52 bits per heavy atom. The van der Waals surface area contributed by atoms with Crippen LogP contribution in [0.2, 0.25) is 0 Å². The lowest BCUT2D eigenvalue weighted by atomic mass is 10.0. The van der Waals surface area contributed by atoms with E-state index in [1.54, 1.807) is 0 Å². The zero-order valence-electron chi connectivity index (χ0n) is 11.6. The van der Waals surface area contributed by atoms with Gasteiger partial charge in [-0.05, 0) is 30.5 Å². The number of anilines is 1. The maximum atomic E-state index is 12.6. The number of nitrogens with one attached hydrogen (secondary N) is 1. The van der Waals surface area contributed by atoms with Crippen LogP contribution in [0.1, 0.15) is 35.7 Å². The van der Waals surface area contributed by atoms with Crippen LogP contribution < -0.4 is 5.32 Å². The van der Waals surface area contributed by atoms with E-state index in [0.717, 1.165) is 18.6 Å². The number of alkyl halides is 3. The number of hydrogen-bond donors (Lipinski definition) is 3. The van der Waals surface area contributed by atoms with E-state index in [4.69, 9.17) is 10.2 Å². The standard InChI is InChI=1S/C14H18F3NO3/c1-2-9(5-6-19)8-18-12-4-3-10(14(15,16)17)7-11(12)13(20)21/h3-4,7,9,18-19H,2,5-6,8H2,1H3,(H,20,21). The number of carboxylic acids is 1. The van der Waals surface area contributed by atoms with Crippen molar-refractivity contribution in [3.8, 4) is 0 Å². The van der Waals surface area contributed by atoms with Crippen LogP contribution in [-0.2, 0) is 6.18 Å². The van der Waals surface area contributed by atoms with Crippen LogP contribution in [0.3, 0.4) is 0 Å². The lowest BCUT2D eigenvalue weighted by Crippen LogP contribution is -2.17. The lowest BCUT2D eigenvalue weighted by Gasteiger charge is -2.17. The number of benzene rings is 1. The van der Waals surface area contributed by atoms with E-state index >= 15 is 0 Å². The molecule has 3 N–H and O–H groups in total. The number of aliphatic hydroxyl groups excluding tert-OH is 1. The molecule has 1 atom stereocenters. The number of halogens is 3. The summed E-state index contributed by atoms with van der Waals surface area (Å²) >= 11 is 0. The topological polar surface area (TPSA) is 69.6 Å². The first-order chi connectivity index (χ1) is 9.79. The molecule has 21 heavy (non-hydrogen) atoms. The highest BCUT2D eigenvalue weighted by molar-refractivity contribution is 5.94. The zero-order chi connectivity index (χ0) is 16.0. The molecule has 0 heterocycles. The Labute approximate surface area is 120 Å². The van der Waals surface area contributed by atoms with Crippen LogP contribution in [0.4, 0.5) is 18.9 Å². The minimum Gasteiger partial charge on any atom is -0.478 e. The van der Waals surface area contributed by atoms with Gasteiger partial charge in [0.1, 0.15) is 0 Å². The van der Waals surface area contributed by atoms with E-state index in [1.807, 2.05) is 6.92 Å². The van der Waals surface area contributed by atoms with E-state index in [0.29, 0.717) is 19.0 Å². The summed E-state index contributed by atoms with van der Waals surface area (Å²) in [5, 5.41) is 20.8. The second-order valence-corrected chi connectivity index (χ2v) is 4.73. The average Bonchev–Trinajstić information content (AvgIpc) is 2.42. The Balaban J connectivity index is 2.94. The van der Waals surface area contributed by atoms with Crippen molar-refractivity contribution in [2.45, 2.75) is 25.9 Å². The predicted molar refractivity (Wildman–Crippen MR) is 72.4 cm³/mol. The van der Waals surface area contributed by atoms with Crippen molar-refractivity contribution in [1.29, 1.82) is 0 Å². The first kappa shape index (κ1) is 17.3. The van der Waals surface area contributed by atoms with Crippen molar-refractivity contribution in [1.82, 2.24) is 0 Å². The maximum Gasteiger partial charge on any atom is 0.416 e. The molecule has 0 saturated carbocycles. The smallest absolute Gasteiger partial charge is 0.416 e. The highest BCUT2D eigenvalue weighted by atomic mass is 19.4. The third kappa shape index (κ3) is 4.93. The van der Waals surface area contributed by atoms with Crippen LogP contribution >= 0.6 is 0 Å². The summed E-state index contributed by atoms with van der Waals surface area (Å²) < 4.78 is 37.8. The van der Waals surface area contributed by atoms with Crippen molar-refractivity contribution < 1.29 is 28.2 Å². The maximum absolute atomic E-state index is 12.6. The molecule has 4 nitrogen and oxygen atoms in total. The minimum absolute atomic E-state index is 0.0129.